The number of aliphatic hydroxyl groups excluding tert-OH is 1. The van der Waals surface area contributed by atoms with E-state index in [2.05, 4.69) is 9.71 Å². The van der Waals surface area contributed by atoms with Crippen LogP contribution in [0, 0.1) is 6.92 Å². The van der Waals surface area contributed by atoms with Crippen molar-refractivity contribution in [2.75, 3.05) is 12.4 Å². The molecule has 0 fully saturated rings. The Morgan fingerprint density at radius 1 is 1.64 bits per heavy atom. The number of aryl methyl sites for hydroxylation is 1. The van der Waals surface area contributed by atoms with Gasteiger partial charge in [0.25, 0.3) is 0 Å². The zero-order chi connectivity index (χ0) is 10.6. The molecule has 0 aliphatic carbocycles. The Morgan fingerprint density at radius 2 is 2.36 bits per heavy atom. The summed E-state index contributed by atoms with van der Waals surface area (Å²) in [5, 5.41) is 8.44. The van der Waals surface area contributed by atoms with Crippen LogP contribution >= 0.6 is 0 Å². The van der Waals surface area contributed by atoms with Crippen LogP contribution in [-0.4, -0.2) is 30.9 Å². The van der Waals surface area contributed by atoms with Gasteiger partial charge in [-0.2, -0.15) is 0 Å². The van der Waals surface area contributed by atoms with E-state index in [0.717, 1.165) is 0 Å². The molecule has 6 nitrogen and oxygen atoms in total. The fourth-order valence-electron chi connectivity index (χ4n) is 0.847. The summed E-state index contributed by atoms with van der Waals surface area (Å²) in [6.45, 7) is 1.33. The summed E-state index contributed by atoms with van der Waals surface area (Å²) in [7, 11) is -3.42. The maximum absolute atomic E-state index is 11.1. The van der Waals surface area contributed by atoms with Gasteiger partial charge in [0.1, 0.15) is 5.76 Å². The van der Waals surface area contributed by atoms with Gasteiger partial charge in [-0.15, -0.1) is 0 Å². The van der Waals surface area contributed by atoms with Crippen molar-refractivity contribution in [3.63, 3.8) is 0 Å². The molecule has 0 saturated heterocycles. The molecule has 14 heavy (non-hydrogen) atoms. The van der Waals surface area contributed by atoms with E-state index in [1.54, 1.807) is 6.92 Å². The molecule has 0 atom stereocenters. The molecule has 0 aliphatic rings. The van der Waals surface area contributed by atoms with E-state index in [1.165, 1.54) is 6.20 Å². The van der Waals surface area contributed by atoms with Crippen LogP contribution in [0.4, 0.5) is 0 Å². The Morgan fingerprint density at radius 3 is 2.86 bits per heavy atom. The first-order chi connectivity index (χ1) is 6.53. The first-order valence-corrected chi connectivity index (χ1v) is 5.68. The molecule has 0 spiro atoms. The number of sulfonamides is 1. The van der Waals surface area contributed by atoms with Crippen LogP contribution < -0.4 is 4.72 Å². The van der Waals surface area contributed by atoms with E-state index in [0.29, 0.717) is 11.7 Å². The maximum atomic E-state index is 11.1. The smallest absolute Gasteiger partial charge is 0.214 e. The predicted molar refractivity (Wildman–Crippen MR) is 49.0 cm³/mol. The van der Waals surface area contributed by atoms with Gasteiger partial charge < -0.3 is 9.52 Å². The van der Waals surface area contributed by atoms with Gasteiger partial charge in [0, 0.05) is 0 Å². The van der Waals surface area contributed by atoms with E-state index in [9.17, 15) is 8.42 Å². The molecule has 0 amide bonds. The number of rotatable bonds is 5. The summed E-state index contributed by atoms with van der Waals surface area (Å²) in [4.78, 5) is 3.82. The SMILES string of the molecule is Cc1cnc(CNS(=O)(=O)CCO)o1. The highest BCUT2D eigenvalue weighted by atomic mass is 32.2. The Kier molecular flexibility index (Phi) is 3.62. The van der Waals surface area contributed by atoms with E-state index in [-0.39, 0.29) is 12.3 Å². The molecule has 2 N–H and O–H groups in total. The van der Waals surface area contributed by atoms with Gasteiger partial charge >= 0.3 is 0 Å². The summed E-state index contributed by atoms with van der Waals surface area (Å²) in [6, 6.07) is 0. The van der Waals surface area contributed by atoms with Crippen molar-refractivity contribution in [3.8, 4) is 0 Å². The van der Waals surface area contributed by atoms with Gasteiger partial charge in [-0.1, -0.05) is 0 Å². The largest absolute Gasteiger partial charge is 0.445 e. The van der Waals surface area contributed by atoms with Gasteiger partial charge in [-0.25, -0.2) is 18.1 Å². The number of nitrogens with zero attached hydrogens (tertiary/aromatic N) is 1. The number of aliphatic hydroxyl groups is 1. The first kappa shape index (κ1) is 11.2. The van der Waals surface area contributed by atoms with Gasteiger partial charge in [-0.05, 0) is 6.92 Å². The lowest BCUT2D eigenvalue weighted by Crippen LogP contribution is -2.27. The number of aromatic nitrogens is 1. The van der Waals surface area contributed by atoms with Crippen molar-refractivity contribution in [2.24, 2.45) is 0 Å². The highest BCUT2D eigenvalue weighted by Gasteiger charge is 2.10. The summed E-state index contributed by atoms with van der Waals surface area (Å²) in [6.07, 6.45) is 1.51. The molecule has 1 rings (SSSR count). The topological polar surface area (TPSA) is 92.4 Å². The molecular formula is C7H12N2O4S. The summed E-state index contributed by atoms with van der Waals surface area (Å²) in [5.74, 6) is 0.623. The lowest BCUT2D eigenvalue weighted by atomic mass is 10.6. The van der Waals surface area contributed by atoms with Crippen LogP contribution in [0.2, 0.25) is 0 Å². The monoisotopic (exact) mass is 220 g/mol. The van der Waals surface area contributed by atoms with E-state index in [4.69, 9.17) is 9.52 Å². The third-order valence-electron chi connectivity index (χ3n) is 1.47. The maximum Gasteiger partial charge on any atom is 0.214 e. The van der Waals surface area contributed by atoms with E-state index >= 15 is 0 Å². The van der Waals surface area contributed by atoms with Gasteiger partial charge in [0.2, 0.25) is 15.9 Å². The lowest BCUT2D eigenvalue weighted by molar-refractivity contribution is 0.319. The van der Waals surface area contributed by atoms with Gasteiger partial charge in [-0.3, -0.25) is 0 Å². The third-order valence-corrected chi connectivity index (χ3v) is 2.78. The van der Waals surface area contributed by atoms with Crippen LogP contribution in [0.1, 0.15) is 11.7 Å². The molecule has 0 aromatic carbocycles. The second kappa shape index (κ2) is 4.54. The van der Waals surface area contributed by atoms with Crippen molar-refractivity contribution in [2.45, 2.75) is 13.5 Å². The minimum atomic E-state index is -3.42. The molecule has 0 bridgehead atoms. The molecule has 0 unspecified atom stereocenters. The first-order valence-electron chi connectivity index (χ1n) is 4.03. The van der Waals surface area contributed by atoms with Gasteiger partial charge in [0.05, 0.1) is 25.1 Å². The second-order valence-electron chi connectivity index (χ2n) is 2.73. The number of nitrogens with one attached hydrogen (secondary N) is 1. The molecule has 1 heterocycles. The average Bonchev–Trinajstić information content (AvgIpc) is 2.48. The zero-order valence-electron chi connectivity index (χ0n) is 7.73. The number of oxazole rings is 1. The molecule has 0 radical (unpaired) electrons. The van der Waals surface area contributed by atoms with Crippen LogP contribution in [0.25, 0.3) is 0 Å². The van der Waals surface area contributed by atoms with Crippen LogP contribution in [-0.2, 0) is 16.6 Å². The second-order valence-corrected chi connectivity index (χ2v) is 4.65. The number of hydrogen-bond acceptors (Lipinski definition) is 5. The predicted octanol–water partition coefficient (Wildman–Crippen LogP) is -0.605. The van der Waals surface area contributed by atoms with Crippen LogP contribution in [0.5, 0.6) is 0 Å². The molecule has 7 heteroatoms. The minimum absolute atomic E-state index is 0.0101. The Bertz CT molecular complexity index is 384. The van der Waals surface area contributed by atoms with E-state index in [1.807, 2.05) is 0 Å². The quantitative estimate of drug-likeness (QED) is 0.691. The molecule has 1 aromatic rings. The minimum Gasteiger partial charge on any atom is -0.445 e. The van der Waals surface area contributed by atoms with Crippen molar-refractivity contribution in [3.05, 3.63) is 17.8 Å². The third kappa shape index (κ3) is 3.44. The molecule has 1 aromatic heterocycles. The van der Waals surface area contributed by atoms with Crippen LogP contribution in [0.3, 0.4) is 0 Å². The fourth-order valence-corrected chi connectivity index (χ4v) is 1.58. The number of hydrogen-bond donors (Lipinski definition) is 2. The molecule has 0 saturated carbocycles. The summed E-state index contributed by atoms with van der Waals surface area (Å²) < 4.78 is 29.4. The highest BCUT2D eigenvalue weighted by Crippen LogP contribution is 2.01. The van der Waals surface area contributed by atoms with Gasteiger partial charge in [0.15, 0.2) is 0 Å². The Balaban J connectivity index is 2.48. The lowest BCUT2D eigenvalue weighted by Gasteiger charge is -2.01. The zero-order valence-corrected chi connectivity index (χ0v) is 8.54. The van der Waals surface area contributed by atoms with Crippen molar-refractivity contribution >= 4 is 10.0 Å². The summed E-state index contributed by atoms with van der Waals surface area (Å²) in [5.41, 5.74) is 0. The molecule has 0 aliphatic heterocycles. The Labute approximate surface area is 82.0 Å². The standard InChI is InChI=1S/C7H12N2O4S/c1-6-4-8-7(13-6)5-9-14(11,12)3-2-10/h4,9-10H,2-3,5H2,1H3. The fraction of sp³-hybridized carbons (Fsp3) is 0.571. The van der Waals surface area contributed by atoms with Crippen molar-refractivity contribution in [1.29, 1.82) is 0 Å². The average molecular weight is 220 g/mol. The molecule has 80 valence electrons. The van der Waals surface area contributed by atoms with Crippen molar-refractivity contribution < 1.29 is 17.9 Å². The Hall–Kier alpha value is -0.920. The summed E-state index contributed by atoms with van der Waals surface area (Å²) >= 11 is 0. The van der Waals surface area contributed by atoms with E-state index < -0.39 is 16.6 Å². The van der Waals surface area contributed by atoms with Crippen molar-refractivity contribution in [1.82, 2.24) is 9.71 Å². The normalized spacial score (nSPS) is 11.9. The van der Waals surface area contributed by atoms with Crippen LogP contribution in [0.15, 0.2) is 10.6 Å². The highest BCUT2D eigenvalue weighted by molar-refractivity contribution is 7.89. The molecular weight excluding hydrogens is 208 g/mol.